The monoisotopic (exact) mass is 242 g/mol. The van der Waals surface area contributed by atoms with Crippen molar-refractivity contribution in [3.63, 3.8) is 0 Å². The van der Waals surface area contributed by atoms with Crippen molar-refractivity contribution in [1.29, 1.82) is 0 Å². The zero-order valence-electron chi connectivity index (χ0n) is 7.03. The number of halogens is 7. The van der Waals surface area contributed by atoms with Crippen LogP contribution in [0.1, 0.15) is 6.42 Å². The van der Waals surface area contributed by atoms with E-state index in [0.717, 1.165) is 0 Å². The molecule has 0 spiro atoms. The minimum atomic E-state index is -6.14. The van der Waals surface area contributed by atoms with Gasteiger partial charge in [-0.15, -0.1) is 0 Å². The maximum absolute atomic E-state index is 12.7. The van der Waals surface area contributed by atoms with Crippen LogP contribution in [0, 0.1) is 0 Å². The zero-order valence-corrected chi connectivity index (χ0v) is 7.03. The van der Waals surface area contributed by atoms with Gasteiger partial charge in [-0.1, -0.05) is 0 Å². The molecule has 0 saturated carbocycles. The summed E-state index contributed by atoms with van der Waals surface area (Å²) >= 11 is 0. The highest BCUT2D eigenvalue weighted by molar-refractivity contribution is 6.40. The van der Waals surface area contributed by atoms with E-state index >= 15 is 0 Å². The molecule has 0 saturated heterocycles. The normalized spacial score (nSPS) is 14.2. The Bertz CT molecular complexity index is 196. The van der Waals surface area contributed by atoms with Gasteiger partial charge in [0.2, 0.25) is 0 Å². The summed E-state index contributed by atoms with van der Waals surface area (Å²) in [6.07, 6.45) is -15.7. The van der Waals surface area contributed by atoms with Crippen LogP contribution in [0.3, 0.4) is 0 Å². The van der Waals surface area contributed by atoms with E-state index in [1.165, 1.54) is 0 Å². The van der Waals surface area contributed by atoms with Crippen molar-refractivity contribution < 1.29 is 40.8 Å². The maximum atomic E-state index is 12.7. The van der Waals surface area contributed by atoms with E-state index in [1.807, 2.05) is 0 Å². The third-order valence-corrected chi connectivity index (χ3v) is 1.65. The highest BCUT2D eigenvalue weighted by Gasteiger charge is 2.71. The smallest absolute Gasteiger partial charge is 0.427 e. The summed E-state index contributed by atoms with van der Waals surface area (Å²) in [5.41, 5.74) is -5.41. The molecule has 0 rings (SSSR count). The summed E-state index contributed by atoms with van der Waals surface area (Å²) in [4.78, 5) is 0. The molecule has 0 unspecified atom stereocenters. The second-order valence-electron chi connectivity index (χ2n) is 2.82. The Balaban J connectivity index is 4.90. The number of alkyl halides is 7. The molecule has 0 aromatic heterocycles. The standard InChI is InChI=1S/C5H6BF7O2/c7-3(4(8,9)10,5(11,12)13)1-2-6(14)15/h14-15H,1-2H2. The molecule has 15 heavy (non-hydrogen) atoms. The molecule has 0 atom stereocenters. The van der Waals surface area contributed by atoms with Gasteiger partial charge in [-0.25, -0.2) is 4.39 Å². The van der Waals surface area contributed by atoms with E-state index in [4.69, 9.17) is 10.0 Å². The van der Waals surface area contributed by atoms with Crippen LogP contribution in [0.15, 0.2) is 0 Å². The zero-order chi connectivity index (χ0) is 12.5. The molecule has 0 aromatic rings. The average molecular weight is 242 g/mol. The Labute approximate surface area is 79.8 Å². The van der Waals surface area contributed by atoms with Gasteiger partial charge in [-0.05, 0) is 12.7 Å². The number of hydrogen-bond donors (Lipinski definition) is 2. The highest BCUT2D eigenvalue weighted by Crippen LogP contribution is 2.49. The summed E-state index contributed by atoms with van der Waals surface area (Å²) in [6.45, 7) is 0. The minimum absolute atomic E-state index is 1.37. The molecule has 2 N–H and O–H groups in total. The largest absolute Gasteiger partial charge is 0.451 e. The van der Waals surface area contributed by atoms with Crippen molar-refractivity contribution in [3.05, 3.63) is 0 Å². The summed E-state index contributed by atoms with van der Waals surface area (Å²) in [7, 11) is -2.43. The molecule has 0 heterocycles. The van der Waals surface area contributed by atoms with Crippen LogP contribution in [-0.2, 0) is 0 Å². The van der Waals surface area contributed by atoms with Gasteiger partial charge in [0.25, 0.3) is 5.67 Å². The lowest BCUT2D eigenvalue weighted by Gasteiger charge is -2.29. The van der Waals surface area contributed by atoms with E-state index in [2.05, 4.69) is 0 Å². The van der Waals surface area contributed by atoms with Crippen molar-refractivity contribution >= 4 is 7.12 Å². The van der Waals surface area contributed by atoms with E-state index in [1.54, 1.807) is 0 Å². The van der Waals surface area contributed by atoms with Crippen LogP contribution in [0.5, 0.6) is 0 Å². The van der Waals surface area contributed by atoms with Gasteiger partial charge in [-0.3, -0.25) is 0 Å². The SMILES string of the molecule is OB(O)CCC(F)(C(F)(F)F)C(F)(F)F. The molecule has 0 radical (unpaired) electrons. The van der Waals surface area contributed by atoms with Crippen molar-refractivity contribution in [1.82, 2.24) is 0 Å². The Kier molecular flexibility index (Phi) is 4.02. The quantitative estimate of drug-likeness (QED) is 0.583. The summed E-state index contributed by atoms with van der Waals surface area (Å²) < 4.78 is 83.4. The third kappa shape index (κ3) is 3.23. The number of rotatable bonds is 3. The second-order valence-corrected chi connectivity index (χ2v) is 2.82. The molecule has 0 aliphatic carbocycles. The Hall–Kier alpha value is -0.505. The minimum Gasteiger partial charge on any atom is -0.427 e. The summed E-state index contributed by atoms with van der Waals surface area (Å²) in [5, 5.41) is 16.2. The van der Waals surface area contributed by atoms with Gasteiger partial charge in [0, 0.05) is 0 Å². The van der Waals surface area contributed by atoms with E-state index in [0.29, 0.717) is 0 Å². The van der Waals surface area contributed by atoms with E-state index < -0.39 is 37.9 Å². The van der Waals surface area contributed by atoms with Crippen LogP contribution in [-0.4, -0.2) is 35.2 Å². The maximum Gasteiger partial charge on any atom is 0.451 e. The number of hydrogen-bond acceptors (Lipinski definition) is 2. The molecule has 0 aromatic carbocycles. The molecule has 90 valence electrons. The first-order valence-electron chi connectivity index (χ1n) is 3.60. The average Bonchev–Trinajstić information content (AvgIpc) is 1.95. The van der Waals surface area contributed by atoms with Crippen LogP contribution < -0.4 is 0 Å². The molecule has 0 amide bonds. The Morgan fingerprint density at radius 2 is 1.13 bits per heavy atom. The predicted octanol–water partition coefficient (Wildman–Crippen LogP) is 1.68. The fraction of sp³-hybridized carbons (Fsp3) is 1.00. The van der Waals surface area contributed by atoms with Crippen LogP contribution >= 0.6 is 0 Å². The molecular formula is C5H6BF7O2. The van der Waals surface area contributed by atoms with Crippen molar-refractivity contribution in [2.45, 2.75) is 30.8 Å². The molecule has 0 fully saturated rings. The second kappa shape index (κ2) is 4.16. The highest BCUT2D eigenvalue weighted by atomic mass is 19.4. The summed E-state index contributed by atoms with van der Waals surface area (Å²) in [6, 6.07) is 0. The molecule has 2 nitrogen and oxygen atoms in total. The predicted molar refractivity (Wildman–Crippen MR) is 35.6 cm³/mol. The molecular weight excluding hydrogens is 236 g/mol. The first-order chi connectivity index (χ1) is 6.42. The van der Waals surface area contributed by atoms with Gasteiger partial charge in [0.15, 0.2) is 0 Å². The van der Waals surface area contributed by atoms with E-state index in [9.17, 15) is 30.7 Å². The van der Waals surface area contributed by atoms with Gasteiger partial charge in [-0.2, -0.15) is 26.3 Å². The lowest BCUT2D eigenvalue weighted by Crippen LogP contribution is -2.53. The van der Waals surface area contributed by atoms with Gasteiger partial charge in [0.05, 0.1) is 0 Å². The molecule has 0 aliphatic heterocycles. The van der Waals surface area contributed by atoms with Crippen molar-refractivity contribution in [2.24, 2.45) is 0 Å². The van der Waals surface area contributed by atoms with Crippen LogP contribution in [0.25, 0.3) is 0 Å². The first-order valence-corrected chi connectivity index (χ1v) is 3.60. The third-order valence-electron chi connectivity index (χ3n) is 1.65. The Morgan fingerprint density at radius 1 is 0.800 bits per heavy atom. The van der Waals surface area contributed by atoms with Crippen LogP contribution in [0.4, 0.5) is 30.7 Å². The summed E-state index contributed by atoms with van der Waals surface area (Å²) in [5.74, 6) is 0. The Morgan fingerprint density at radius 3 is 1.33 bits per heavy atom. The van der Waals surface area contributed by atoms with Crippen LogP contribution in [0.2, 0.25) is 6.32 Å². The van der Waals surface area contributed by atoms with Crippen molar-refractivity contribution in [2.75, 3.05) is 0 Å². The molecule has 0 bridgehead atoms. The molecule has 0 aliphatic rings. The lowest BCUT2D eigenvalue weighted by atomic mass is 9.79. The fourth-order valence-corrected chi connectivity index (χ4v) is 0.772. The molecule has 10 heteroatoms. The topological polar surface area (TPSA) is 40.5 Å². The lowest BCUT2D eigenvalue weighted by molar-refractivity contribution is -0.342. The van der Waals surface area contributed by atoms with Gasteiger partial charge >= 0.3 is 19.5 Å². The van der Waals surface area contributed by atoms with E-state index in [-0.39, 0.29) is 0 Å². The van der Waals surface area contributed by atoms with Crippen molar-refractivity contribution in [3.8, 4) is 0 Å². The fourth-order valence-electron chi connectivity index (χ4n) is 0.772. The van der Waals surface area contributed by atoms with Gasteiger partial charge < -0.3 is 10.0 Å². The first kappa shape index (κ1) is 14.5. The van der Waals surface area contributed by atoms with Gasteiger partial charge in [0.1, 0.15) is 0 Å².